The molecular weight excluding hydrogens is 244 g/mol. The number of pyridine rings is 1. The SMILES string of the molecule is CC(C)NCC1(c2cccnc2)CC2(CCCCC2)C1. The first-order valence-corrected chi connectivity index (χ1v) is 8.28. The molecule has 0 aliphatic heterocycles. The lowest BCUT2D eigenvalue weighted by molar-refractivity contribution is -0.0137. The maximum atomic E-state index is 4.37. The van der Waals surface area contributed by atoms with Crippen molar-refractivity contribution in [1.82, 2.24) is 10.3 Å². The van der Waals surface area contributed by atoms with Crippen LogP contribution in [-0.2, 0) is 5.41 Å². The highest BCUT2D eigenvalue weighted by Gasteiger charge is 2.54. The molecule has 0 bridgehead atoms. The molecule has 0 amide bonds. The Balaban J connectivity index is 1.76. The van der Waals surface area contributed by atoms with Crippen LogP contribution in [-0.4, -0.2) is 17.6 Å². The quantitative estimate of drug-likeness (QED) is 0.894. The van der Waals surface area contributed by atoms with E-state index in [1.807, 2.05) is 6.20 Å². The third-order valence-corrected chi connectivity index (χ3v) is 5.46. The Bertz CT molecular complexity index is 424. The van der Waals surface area contributed by atoms with Gasteiger partial charge < -0.3 is 5.32 Å². The highest BCUT2D eigenvalue weighted by molar-refractivity contribution is 5.29. The van der Waals surface area contributed by atoms with Crippen molar-refractivity contribution in [1.29, 1.82) is 0 Å². The van der Waals surface area contributed by atoms with Crippen molar-refractivity contribution in [3.63, 3.8) is 0 Å². The van der Waals surface area contributed by atoms with E-state index in [1.54, 1.807) is 0 Å². The van der Waals surface area contributed by atoms with Crippen molar-refractivity contribution in [3.8, 4) is 0 Å². The van der Waals surface area contributed by atoms with Gasteiger partial charge in [-0.2, -0.15) is 0 Å². The predicted octanol–water partition coefficient (Wildman–Crippen LogP) is 4.06. The molecule has 2 fully saturated rings. The molecule has 3 rings (SSSR count). The Kier molecular flexibility index (Phi) is 3.85. The van der Waals surface area contributed by atoms with Crippen LogP contribution < -0.4 is 5.32 Å². The predicted molar refractivity (Wildman–Crippen MR) is 83.8 cm³/mol. The van der Waals surface area contributed by atoms with Crippen LogP contribution in [0.3, 0.4) is 0 Å². The van der Waals surface area contributed by atoms with E-state index < -0.39 is 0 Å². The molecule has 1 heterocycles. The number of rotatable bonds is 4. The monoisotopic (exact) mass is 272 g/mol. The molecule has 110 valence electrons. The molecule has 2 aliphatic carbocycles. The zero-order valence-corrected chi connectivity index (χ0v) is 13.0. The van der Waals surface area contributed by atoms with Gasteiger partial charge in [0.25, 0.3) is 0 Å². The Hall–Kier alpha value is -0.890. The lowest BCUT2D eigenvalue weighted by Crippen LogP contribution is -2.56. The van der Waals surface area contributed by atoms with E-state index in [0.29, 0.717) is 16.9 Å². The first kappa shape index (κ1) is 14.1. The van der Waals surface area contributed by atoms with E-state index in [4.69, 9.17) is 0 Å². The normalized spacial score (nSPS) is 23.8. The molecule has 2 aliphatic rings. The summed E-state index contributed by atoms with van der Waals surface area (Å²) in [6, 6.07) is 4.94. The van der Waals surface area contributed by atoms with E-state index in [-0.39, 0.29) is 0 Å². The molecule has 1 aromatic rings. The fourth-order valence-corrected chi connectivity index (χ4v) is 4.55. The van der Waals surface area contributed by atoms with Gasteiger partial charge >= 0.3 is 0 Å². The number of nitrogens with one attached hydrogen (secondary N) is 1. The number of hydrogen-bond acceptors (Lipinski definition) is 2. The van der Waals surface area contributed by atoms with Crippen molar-refractivity contribution < 1.29 is 0 Å². The summed E-state index contributed by atoms with van der Waals surface area (Å²) in [6.07, 6.45) is 14.0. The van der Waals surface area contributed by atoms with Gasteiger partial charge in [-0.15, -0.1) is 0 Å². The third-order valence-electron chi connectivity index (χ3n) is 5.46. The zero-order valence-electron chi connectivity index (χ0n) is 13.0. The molecule has 0 radical (unpaired) electrons. The van der Waals surface area contributed by atoms with Gasteiger partial charge in [-0.25, -0.2) is 0 Å². The Morgan fingerprint density at radius 2 is 1.95 bits per heavy atom. The van der Waals surface area contributed by atoms with E-state index in [0.717, 1.165) is 6.54 Å². The summed E-state index contributed by atoms with van der Waals surface area (Å²) in [5, 5.41) is 3.68. The van der Waals surface area contributed by atoms with Gasteiger partial charge in [0.2, 0.25) is 0 Å². The molecule has 1 aromatic heterocycles. The summed E-state index contributed by atoms with van der Waals surface area (Å²) in [7, 11) is 0. The standard InChI is InChI=1S/C18H28N2/c1-15(2)20-14-18(16-7-6-10-19-11-16)12-17(13-18)8-4-3-5-9-17/h6-7,10-11,15,20H,3-5,8-9,12-14H2,1-2H3. The number of hydrogen-bond donors (Lipinski definition) is 1. The first-order chi connectivity index (χ1) is 9.64. The van der Waals surface area contributed by atoms with Crippen molar-refractivity contribution in [2.24, 2.45) is 5.41 Å². The lowest BCUT2D eigenvalue weighted by atomic mass is 9.47. The second kappa shape index (κ2) is 5.48. The highest BCUT2D eigenvalue weighted by Crippen LogP contribution is 2.61. The topological polar surface area (TPSA) is 24.9 Å². The van der Waals surface area contributed by atoms with Crippen LogP contribution in [0.5, 0.6) is 0 Å². The number of nitrogens with zero attached hydrogens (tertiary/aromatic N) is 1. The van der Waals surface area contributed by atoms with Crippen LogP contribution in [0, 0.1) is 5.41 Å². The first-order valence-electron chi connectivity index (χ1n) is 8.28. The summed E-state index contributed by atoms with van der Waals surface area (Å²) in [5.74, 6) is 0. The van der Waals surface area contributed by atoms with Crippen molar-refractivity contribution in [2.45, 2.75) is 70.3 Å². The van der Waals surface area contributed by atoms with Crippen LogP contribution in [0.15, 0.2) is 24.5 Å². The molecule has 0 saturated heterocycles. The summed E-state index contributed by atoms with van der Waals surface area (Å²) in [6.45, 7) is 5.59. The maximum absolute atomic E-state index is 4.37. The average Bonchev–Trinajstić information content (AvgIpc) is 2.44. The van der Waals surface area contributed by atoms with Crippen molar-refractivity contribution >= 4 is 0 Å². The van der Waals surface area contributed by atoms with Crippen LogP contribution in [0.4, 0.5) is 0 Å². The van der Waals surface area contributed by atoms with Gasteiger partial charge in [-0.1, -0.05) is 39.2 Å². The average molecular weight is 272 g/mol. The van der Waals surface area contributed by atoms with Crippen LogP contribution in [0.2, 0.25) is 0 Å². The molecule has 0 aromatic carbocycles. The fourth-order valence-electron chi connectivity index (χ4n) is 4.55. The molecule has 2 nitrogen and oxygen atoms in total. The minimum Gasteiger partial charge on any atom is -0.314 e. The van der Waals surface area contributed by atoms with Gasteiger partial charge in [0.15, 0.2) is 0 Å². The Morgan fingerprint density at radius 3 is 2.55 bits per heavy atom. The second-order valence-corrected chi connectivity index (χ2v) is 7.47. The van der Waals surface area contributed by atoms with Crippen LogP contribution >= 0.6 is 0 Å². The second-order valence-electron chi connectivity index (χ2n) is 7.47. The summed E-state index contributed by atoms with van der Waals surface area (Å²) in [5.41, 5.74) is 2.45. The van der Waals surface area contributed by atoms with E-state index in [2.05, 4.69) is 42.5 Å². The van der Waals surface area contributed by atoms with Crippen LogP contribution in [0.25, 0.3) is 0 Å². The minimum atomic E-state index is 0.343. The van der Waals surface area contributed by atoms with Gasteiger partial charge in [0.1, 0.15) is 0 Å². The minimum absolute atomic E-state index is 0.343. The Labute approximate surface area is 123 Å². The molecule has 2 saturated carbocycles. The third kappa shape index (κ3) is 2.63. The Morgan fingerprint density at radius 1 is 1.20 bits per heavy atom. The molecule has 0 atom stereocenters. The summed E-state index contributed by atoms with van der Waals surface area (Å²) in [4.78, 5) is 4.37. The summed E-state index contributed by atoms with van der Waals surface area (Å²) >= 11 is 0. The molecule has 0 unspecified atom stereocenters. The molecule has 1 N–H and O–H groups in total. The van der Waals surface area contributed by atoms with Gasteiger partial charge in [-0.3, -0.25) is 4.98 Å². The van der Waals surface area contributed by atoms with Gasteiger partial charge in [0, 0.05) is 30.4 Å². The largest absolute Gasteiger partial charge is 0.314 e. The van der Waals surface area contributed by atoms with Crippen molar-refractivity contribution in [2.75, 3.05) is 6.54 Å². The van der Waals surface area contributed by atoms with E-state index >= 15 is 0 Å². The molecule has 1 spiro atoms. The van der Waals surface area contributed by atoms with E-state index in [1.165, 1.54) is 50.5 Å². The summed E-state index contributed by atoms with van der Waals surface area (Å²) < 4.78 is 0. The van der Waals surface area contributed by atoms with Gasteiger partial charge in [0.05, 0.1) is 0 Å². The highest BCUT2D eigenvalue weighted by atomic mass is 14.9. The molecular formula is C18H28N2. The molecule has 2 heteroatoms. The number of aromatic nitrogens is 1. The van der Waals surface area contributed by atoms with E-state index in [9.17, 15) is 0 Å². The molecule has 20 heavy (non-hydrogen) atoms. The maximum Gasteiger partial charge on any atom is 0.0306 e. The van der Waals surface area contributed by atoms with Crippen LogP contribution in [0.1, 0.15) is 64.4 Å². The van der Waals surface area contributed by atoms with Crippen molar-refractivity contribution in [3.05, 3.63) is 30.1 Å². The lowest BCUT2D eigenvalue weighted by Gasteiger charge is -2.59. The smallest absolute Gasteiger partial charge is 0.0306 e. The zero-order chi connectivity index (χ0) is 14.1. The fraction of sp³-hybridized carbons (Fsp3) is 0.722. The van der Waals surface area contributed by atoms with Gasteiger partial charge in [-0.05, 0) is 42.7 Å².